The van der Waals surface area contributed by atoms with Crippen molar-refractivity contribution in [2.45, 2.75) is 66.7 Å². The first kappa shape index (κ1) is 26.9. The van der Waals surface area contributed by atoms with Crippen molar-refractivity contribution in [3.05, 3.63) is 112 Å². The smallest absolute Gasteiger partial charge is 0.227 e. The van der Waals surface area contributed by atoms with Gasteiger partial charge in [-0.05, 0) is 112 Å². The van der Waals surface area contributed by atoms with Crippen LogP contribution in [0.15, 0.2) is 77.2 Å². The first-order valence-electron chi connectivity index (χ1n) is 14.4. The minimum Gasteiger partial charge on any atom is -0.437 e. The molecule has 0 N–H and O–H groups in total. The Labute approximate surface area is 242 Å². The molecule has 0 radical (unpaired) electrons. The Kier molecular flexibility index (Phi) is 6.53. The van der Waals surface area contributed by atoms with Crippen LogP contribution >= 0.6 is 0 Å². The molecular formula is C37H37N3O. The lowest BCUT2D eigenvalue weighted by Crippen LogP contribution is -2.23. The number of pyridine rings is 3. The normalized spacial score (nSPS) is 12.1. The Hall–Kier alpha value is -4.31. The highest BCUT2D eigenvalue weighted by atomic mass is 16.3. The number of furan rings is 1. The summed E-state index contributed by atoms with van der Waals surface area (Å²) in [6.45, 7) is 17.3. The van der Waals surface area contributed by atoms with E-state index in [1.54, 1.807) is 0 Å². The summed E-state index contributed by atoms with van der Waals surface area (Å²) in [4.78, 5) is 15.3. The van der Waals surface area contributed by atoms with Crippen LogP contribution in [0.3, 0.4) is 0 Å². The van der Waals surface area contributed by atoms with Crippen LogP contribution in [-0.2, 0) is 5.41 Å². The summed E-state index contributed by atoms with van der Waals surface area (Å²) in [5, 5.41) is 2.17. The van der Waals surface area contributed by atoms with Crippen molar-refractivity contribution < 1.29 is 4.42 Å². The summed E-state index contributed by atoms with van der Waals surface area (Å²) in [5.74, 6) is 0.327. The summed E-state index contributed by atoms with van der Waals surface area (Å²) in [5.41, 5.74) is 12.8. The first-order chi connectivity index (χ1) is 19.5. The van der Waals surface area contributed by atoms with Crippen LogP contribution in [0, 0.1) is 27.7 Å². The maximum Gasteiger partial charge on any atom is 0.227 e. The second kappa shape index (κ2) is 9.95. The van der Waals surface area contributed by atoms with E-state index in [0.717, 1.165) is 61.5 Å². The van der Waals surface area contributed by atoms with Crippen LogP contribution in [0.1, 0.15) is 72.9 Å². The molecule has 0 aliphatic carbocycles. The third-order valence-corrected chi connectivity index (χ3v) is 8.06. The SMILES string of the molecule is Cc1cc(-c2ccccc2)nc(C(C)(C)c2cc(C)cc(-c3cc(C)cc4c3oc3nc(C(C)C)cc(C)c34)n2)c1. The average Bonchev–Trinajstić information content (AvgIpc) is 3.31. The van der Waals surface area contributed by atoms with E-state index in [9.17, 15) is 0 Å². The molecule has 0 saturated heterocycles. The van der Waals surface area contributed by atoms with Crippen molar-refractivity contribution in [3.63, 3.8) is 0 Å². The first-order valence-corrected chi connectivity index (χ1v) is 14.4. The zero-order valence-electron chi connectivity index (χ0n) is 25.3. The van der Waals surface area contributed by atoms with Gasteiger partial charge >= 0.3 is 0 Å². The van der Waals surface area contributed by atoms with E-state index in [1.165, 1.54) is 16.7 Å². The van der Waals surface area contributed by atoms with E-state index >= 15 is 0 Å². The van der Waals surface area contributed by atoms with Crippen molar-refractivity contribution in [1.29, 1.82) is 0 Å². The summed E-state index contributed by atoms with van der Waals surface area (Å²) >= 11 is 0. The molecule has 206 valence electrons. The van der Waals surface area contributed by atoms with Gasteiger partial charge in [0, 0.05) is 27.6 Å². The van der Waals surface area contributed by atoms with E-state index < -0.39 is 5.41 Å². The highest BCUT2D eigenvalue weighted by Crippen LogP contribution is 2.39. The fourth-order valence-corrected chi connectivity index (χ4v) is 5.72. The third-order valence-electron chi connectivity index (χ3n) is 8.06. The highest BCUT2D eigenvalue weighted by molar-refractivity contribution is 6.10. The van der Waals surface area contributed by atoms with Crippen LogP contribution < -0.4 is 0 Å². The molecule has 0 fully saturated rings. The van der Waals surface area contributed by atoms with Gasteiger partial charge in [0.2, 0.25) is 5.71 Å². The number of aryl methyl sites for hydroxylation is 4. The van der Waals surface area contributed by atoms with Crippen LogP contribution in [0.4, 0.5) is 0 Å². The molecule has 0 amide bonds. The quantitative estimate of drug-likeness (QED) is 0.219. The molecule has 2 aromatic carbocycles. The van der Waals surface area contributed by atoms with E-state index in [1.807, 2.05) is 6.07 Å². The fraction of sp³-hybridized carbons (Fsp3) is 0.270. The number of hydrogen-bond acceptors (Lipinski definition) is 4. The summed E-state index contributed by atoms with van der Waals surface area (Å²) in [6.07, 6.45) is 0. The second-order valence-electron chi connectivity index (χ2n) is 12.3. The molecule has 0 aliphatic rings. The van der Waals surface area contributed by atoms with Crippen molar-refractivity contribution >= 4 is 22.1 Å². The number of hydrogen-bond donors (Lipinski definition) is 0. The van der Waals surface area contributed by atoms with Gasteiger partial charge in [0.25, 0.3) is 0 Å². The summed E-state index contributed by atoms with van der Waals surface area (Å²) < 4.78 is 6.53. The standard InChI is InChI=1S/C37H37N3O/c1-21(2)29-20-25(6)34-28-15-22(3)14-27(35(28)41-36(34)40-29)31-17-24(5)19-33(39-31)37(7,8)32-18-23(4)16-30(38-32)26-12-10-9-11-13-26/h9-21H,1-8H3. The topological polar surface area (TPSA) is 51.8 Å². The summed E-state index contributed by atoms with van der Waals surface area (Å²) in [7, 11) is 0. The predicted molar refractivity (Wildman–Crippen MR) is 170 cm³/mol. The van der Waals surface area contributed by atoms with Crippen molar-refractivity contribution in [2.75, 3.05) is 0 Å². The van der Waals surface area contributed by atoms with E-state index in [4.69, 9.17) is 19.4 Å². The number of fused-ring (bicyclic) bond motifs is 3. The third kappa shape index (κ3) is 4.82. The summed E-state index contributed by atoms with van der Waals surface area (Å²) in [6, 6.07) is 25.6. The molecule has 4 aromatic heterocycles. The van der Waals surface area contributed by atoms with Crippen LogP contribution in [0.5, 0.6) is 0 Å². The minimum atomic E-state index is -0.419. The Balaban J connectivity index is 1.52. The molecule has 4 heterocycles. The second-order valence-corrected chi connectivity index (χ2v) is 12.3. The Morgan fingerprint density at radius 2 is 1.29 bits per heavy atom. The molecule has 6 rings (SSSR count). The van der Waals surface area contributed by atoms with Gasteiger partial charge in [-0.1, -0.05) is 44.2 Å². The maximum absolute atomic E-state index is 6.53. The van der Waals surface area contributed by atoms with E-state index in [-0.39, 0.29) is 0 Å². The number of nitrogens with zero attached hydrogens (tertiary/aromatic N) is 3. The fourth-order valence-electron chi connectivity index (χ4n) is 5.72. The van der Waals surface area contributed by atoms with E-state index in [2.05, 4.69) is 122 Å². The lowest BCUT2D eigenvalue weighted by atomic mass is 9.83. The largest absolute Gasteiger partial charge is 0.437 e. The van der Waals surface area contributed by atoms with Crippen molar-refractivity contribution in [1.82, 2.24) is 15.0 Å². The van der Waals surface area contributed by atoms with Gasteiger partial charge in [0.1, 0.15) is 5.58 Å². The minimum absolute atomic E-state index is 0.327. The van der Waals surface area contributed by atoms with E-state index in [0.29, 0.717) is 11.6 Å². The Morgan fingerprint density at radius 3 is 1.95 bits per heavy atom. The van der Waals surface area contributed by atoms with Crippen molar-refractivity contribution in [2.24, 2.45) is 0 Å². The van der Waals surface area contributed by atoms with Crippen LogP contribution in [-0.4, -0.2) is 15.0 Å². The lowest BCUT2D eigenvalue weighted by molar-refractivity contribution is 0.595. The zero-order chi connectivity index (χ0) is 29.1. The maximum atomic E-state index is 6.53. The monoisotopic (exact) mass is 539 g/mol. The molecule has 4 nitrogen and oxygen atoms in total. The lowest BCUT2D eigenvalue weighted by Gasteiger charge is -2.26. The van der Waals surface area contributed by atoms with Gasteiger partial charge in [-0.2, -0.15) is 0 Å². The molecular weight excluding hydrogens is 502 g/mol. The van der Waals surface area contributed by atoms with Crippen LogP contribution in [0.2, 0.25) is 0 Å². The molecule has 6 aromatic rings. The molecule has 0 atom stereocenters. The van der Waals surface area contributed by atoms with Crippen molar-refractivity contribution in [3.8, 4) is 22.5 Å². The number of rotatable bonds is 5. The average molecular weight is 540 g/mol. The van der Waals surface area contributed by atoms with Gasteiger partial charge in [-0.15, -0.1) is 0 Å². The predicted octanol–water partition coefficient (Wildman–Crippen LogP) is 9.79. The van der Waals surface area contributed by atoms with Crippen LogP contribution in [0.25, 0.3) is 44.6 Å². The Morgan fingerprint density at radius 1 is 0.683 bits per heavy atom. The number of aromatic nitrogens is 3. The molecule has 0 aliphatic heterocycles. The molecule has 0 saturated carbocycles. The zero-order valence-corrected chi connectivity index (χ0v) is 25.3. The molecule has 0 spiro atoms. The number of benzene rings is 2. The Bertz CT molecular complexity index is 1930. The highest BCUT2D eigenvalue weighted by Gasteiger charge is 2.29. The molecule has 0 bridgehead atoms. The molecule has 41 heavy (non-hydrogen) atoms. The molecule has 4 heteroatoms. The van der Waals surface area contributed by atoms with Gasteiger partial charge < -0.3 is 4.42 Å². The van der Waals surface area contributed by atoms with Gasteiger partial charge in [0.05, 0.1) is 28.2 Å². The van der Waals surface area contributed by atoms with Gasteiger partial charge in [0.15, 0.2) is 0 Å². The van der Waals surface area contributed by atoms with Gasteiger partial charge in [-0.25, -0.2) is 4.98 Å². The van der Waals surface area contributed by atoms with Gasteiger partial charge in [-0.3, -0.25) is 9.97 Å². The molecule has 0 unspecified atom stereocenters.